The van der Waals surface area contributed by atoms with Gasteiger partial charge in [-0.15, -0.1) is 0 Å². The van der Waals surface area contributed by atoms with E-state index in [1.807, 2.05) is 13.2 Å². The van der Waals surface area contributed by atoms with E-state index in [0.717, 1.165) is 24.2 Å². The van der Waals surface area contributed by atoms with E-state index >= 15 is 0 Å². The lowest BCUT2D eigenvalue weighted by atomic mass is 10.1. The highest BCUT2D eigenvalue weighted by Crippen LogP contribution is 2.32. The van der Waals surface area contributed by atoms with Gasteiger partial charge in [-0.25, -0.2) is 4.98 Å². The van der Waals surface area contributed by atoms with Gasteiger partial charge in [0.15, 0.2) is 5.82 Å². The lowest BCUT2D eigenvalue weighted by Crippen LogP contribution is -2.07. The Morgan fingerprint density at radius 2 is 2.00 bits per heavy atom. The third-order valence-electron chi connectivity index (χ3n) is 3.35. The maximum Gasteiger partial charge on any atom is 0.223 e. The zero-order chi connectivity index (χ0) is 12.5. The Balaban J connectivity index is 1.99. The van der Waals surface area contributed by atoms with Gasteiger partial charge in [0.05, 0.1) is 11.8 Å². The van der Waals surface area contributed by atoms with Crippen LogP contribution in [0.5, 0.6) is 0 Å². The van der Waals surface area contributed by atoms with Crippen LogP contribution in [0.25, 0.3) is 11.4 Å². The zero-order valence-corrected chi connectivity index (χ0v) is 10.4. The highest BCUT2D eigenvalue weighted by molar-refractivity contribution is 5.53. The number of hydrogen-bond donors (Lipinski definition) is 1. The van der Waals surface area contributed by atoms with Gasteiger partial charge in [-0.2, -0.15) is 15.1 Å². The van der Waals surface area contributed by atoms with E-state index in [-0.39, 0.29) is 0 Å². The lowest BCUT2D eigenvalue weighted by molar-refractivity contribution is 0.665. The fourth-order valence-corrected chi connectivity index (χ4v) is 2.44. The Morgan fingerprint density at radius 1 is 1.22 bits per heavy atom. The Bertz CT molecular complexity index is 555. The molecule has 0 saturated heterocycles. The van der Waals surface area contributed by atoms with Gasteiger partial charge < -0.3 is 5.73 Å². The smallest absolute Gasteiger partial charge is 0.223 e. The molecule has 0 radical (unpaired) electrons. The van der Waals surface area contributed by atoms with Crippen LogP contribution in [0.4, 0.5) is 5.95 Å². The molecule has 6 heteroatoms. The normalized spacial score (nSPS) is 16.3. The molecule has 1 aliphatic rings. The third-order valence-corrected chi connectivity index (χ3v) is 3.35. The Labute approximate surface area is 105 Å². The van der Waals surface area contributed by atoms with Crippen LogP contribution in [0.3, 0.4) is 0 Å². The Morgan fingerprint density at radius 3 is 2.67 bits per heavy atom. The first kappa shape index (κ1) is 11.1. The van der Waals surface area contributed by atoms with Gasteiger partial charge in [0.1, 0.15) is 5.82 Å². The van der Waals surface area contributed by atoms with Crippen molar-refractivity contribution in [2.24, 2.45) is 7.05 Å². The Kier molecular flexibility index (Phi) is 2.70. The fraction of sp³-hybridized carbons (Fsp3) is 0.500. The molecule has 0 bridgehead atoms. The van der Waals surface area contributed by atoms with Gasteiger partial charge in [0, 0.05) is 19.2 Å². The summed E-state index contributed by atoms with van der Waals surface area (Å²) >= 11 is 0. The van der Waals surface area contributed by atoms with Crippen molar-refractivity contribution in [2.75, 3.05) is 5.73 Å². The molecule has 94 valence electrons. The highest BCUT2D eigenvalue weighted by Gasteiger charge is 2.21. The molecule has 0 aliphatic heterocycles. The molecule has 0 atom stereocenters. The number of nitrogens with zero attached hydrogens (tertiary/aromatic N) is 5. The van der Waals surface area contributed by atoms with Gasteiger partial charge in [0.25, 0.3) is 0 Å². The second-order valence-electron chi connectivity index (χ2n) is 4.76. The second kappa shape index (κ2) is 4.36. The molecule has 6 nitrogen and oxygen atoms in total. The molecule has 18 heavy (non-hydrogen) atoms. The summed E-state index contributed by atoms with van der Waals surface area (Å²) in [5.41, 5.74) is 6.66. The summed E-state index contributed by atoms with van der Waals surface area (Å²) in [6, 6.07) is 0. The van der Waals surface area contributed by atoms with Crippen molar-refractivity contribution in [3.05, 3.63) is 18.2 Å². The van der Waals surface area contributed by atoms with Crippen molar-refractivity contribution in [3.63, 3.8) is 0 Å². The van der Waals surface area contributed by atoms with Gasteiger partial charge in [-0.05, 0) is 12.8 Å². The zero-order valence-electron chi connectivity index (χ0n) is 10.4. The summed E-state index contributed by atoms with van der Waals surface area (Å²) in [6.45, 7) is 0. The van der Waals surface area contributed by atoms with E-state index < -0.39 is 0 Å². The maximum atomic E-state index is 5.78. The first-order chi connectivity index (χ1) is 8.72. The van der Waals surface area contributed by atoms with E-state index in [1.165, 1.54) is 12.8 Å². The molecular weight excluding hydrogens is 228 g/mol. The standard InChI is InChI=1S/C12H16N6/c1-18-7-9(6-14-18)11-15-10(16-12(13)17-11)8-4-2-3-5-8/h6-8H,2-5H2,1H3,(H2,13,15,16,17). The third kappa shape index (κ3) is 2.05. The van der Waals surface area contributed by atoms with Crippen molar-refractivity contribution >= 4 is 5.95 Å². The number of rotatable bonds is 2. The van der Waals surface area contributed by atoms with Crippen LogP contribution in [-0.2, 0) is 7.05 Å². The van der Waals surface area contributed by atoms with Crippen LogP contribution in [0.1, 0.15) is 37.4 Å². The van der Waals surface area contributed by atoms with Crippen molar-refractivity contribution in [2.45, 2.75) is 31.6 Å². The minimum atomic E-state index is 0.297. The van der Waals surface area contributed by atoms with Crippen LogP contribution in [0.2, 0.25) is 0 Å². The first-order valence-electron chi connectivity index (χ1n) is 6.23. The van der Waals surface area contributed by atoms with Crippen LogP contribution < -0.4 is 5.73 Å². The van der Waals surface area contributed by atoms with Crippen molar-refractivity contribution in [1.82, 2.24) is 24.7 Å². The summed E-state index contributed by atoms with van der Waals surface area (Å²) < 4.78 is 1.73. The second-order valence-corrected chi connectivity index (χ2v) is 4.76. The molecule has 0 aromatic carbocycles. The molecule has 0 unspecified atom stereocenters. The molecule has 2 N–H and O–H groups in total. The summed E-state index contributed by atoms with van der Waals surface area (Å²) in [4.78, 5) is 13.0. The summed E-state index contributed by atoms with van der Waals surface area (Å²) in [5.74, 6) is 2.19. The molecule has 1 fully saturated rings. The summed E-state index contributed by atoms with van der Waals surface area (Å²) in [6.07, 6.45) is 8.42. The molecule has 2 heterocycles. The first-order valence-corrected chi connectivity index (χ1v) is 6.23. The quantitative estimate of drug-likeness (QED) is 0.865. The molecular formula is C12H16N6. The van der Waals surface area contributed by atoms with Crippen molar-refractivity contribution in [3.8, 4) is 11.4 Å². The number of anilines is 1. The fourth-order valence-electron chi connectivity index (χ4n) is 2.44. The monoisotopic (exact) mass is 244 g/mol. The van der Waals surface area contributed by atoms with Gasteiger partial charge in [-0.3, -0.25) is 4.68 Å². The van der Waals surface area contributed by atoms with Crippen LogP contribution in [0, 0.1) is 0 Å². The van der Waals surface area contributed by atoms with Gasteiger partial charge in [-0.1, -0.05) is 12.8 Å². The molecule has 2 aromatic rings. The van der Waals surface area contributed by atoms with Crippen molar-refractivity contribution in [1.29, 1.82) is 0 Å². The van der Waals surface area contributed by atoms with Crippen LogP contribution in [0.15, 0.2) is 12.4 Å². The van der Waals surface area contributed by atoms with E-state index in [4.69, 9.17) is 5.73 Å². The molecule has 1 aliphatic carbocycles. The number of nitrogens with two attached hydrogens (primary N) is 1. The molecule has 0 spiro atoms. The topological polar surface area (TPSA) is 82.5 Å². The average molecular weight is 244 g/mol. The van der Waals surface area contributed by atoms with E-state index in [1.54, 1.807) is 10.9 Å². The number of aryl methyl sites for hydroxylation is 1. The average Bonchev–Trinajstić information content (AvgIpc) is 2.98. The summed E-state index contributed by atoms with van der Waals surface area (Å²) in [5, 5.41) is 4.13. The van der Waals surface area contributed by atoms with E-state index in [2.05, 4.69) is 20.1 Å². The number of hydrogen-bond acceptors (Lipinski definition) is 5. The molecule has 0 amide bonds. The van der Waals surface area contributed by atoms with E-state index in [9.17, 15) is 0 Å². The van der Waals surface area contributed by atoms with Crippen molar-refractivity contribution < 1.29 is 0 Å². The van der Waals surface area contributed by atoms with Crippen LogP contribution >= 0.6 is 0 Å². The highest BCUT2D eigenvalue weighted by atomic mass is 15.2. The van der Waals surface area contributed by atoms with E-state index in [0.29, 0.717) is 17.7 Å². The lowest BCUT2D eigenvalue weighted by Gasteiger charge is -2.08. The number of aromatic nitrogens is 5. The Hall–Kier alpha value is -1.98. The van der Waals surface area contributed by atoms with Gasteiger partial charge >= 0.3 is 0 Å². The van der Waals surface area contributed by atoms with Crippen LogP contribution in [-0.4, -0.2) is 24.7 Å². The molecule has 2 aromatic heterocycles. The number of nitrogen functional groups attached to an aromatic ring is 1. The largest absolute Gasteiger partial charge is 0.368 e. The predicted molar refractivity (Wildman–Crippen MR) is 67.7 cm³/mol. The SMILES string of the molecule is Cn1cc(-c2nc(N)nc(C3CCCC3)n2)cn1. The summed E-state index contributed by atoms with van der Waals surface area (Å²) in [7, 11) is 1.87. The molecule has 3 rings (SSSR count). The minimum Gasteiger partial charge on any atom is -0.368 e. The maximum absolute atomic E-state index is 5.78. The molecule has 1 saturated carbocycles. The van der Waals surface area contributed by atoms with Gasteiger partial charge in [0.2, 0.25) is 5.95 Å². The predicted octanol–water partition coefficient (Wildman–Crippen LogP) is 1.51. The minimum absolute atomic E-state index is 0.297.